The van der Waals surface area contributed by atoms with Gasteiger partial charge in [0, 0.05) is 17.4 Å². The van der Waals surface area contributed by atoms with Crippen molar-refractivity contribution in [3.63, 3.8) is 0 Å². The van der Waals surface area contributed by atoms with E-state index < -0.39 is 0 Å². The number of rotatable bonds is 8. The first-order valence-corrected chi connectivity index (χ1v) is 6.66. The minimum atomic E-state index is 0.449. The highest BCUT2D eigenvalue weighted by Crippen LogP contribution is 2.42. The van der Waals surface area contributed by atoms with Crippen LogP contribution < -0.4 is 0 Å². The van der Waals surface area contributed by atoms with Gasteiger partial charge in [-0.2, -0.15) is 0 Å². The first kappa shape index (κ1) is 12.5. The SMILES string of the molecule is CCCOCCOCC1(CBr)CCC1. The standard InChI is InChI=1S/C11H21BrO2/c1-2-6-13-7-8-14-10-11(9-12)4-3-5-11/h2-10H2,1H3. The van der Waals surface area contributed by atoms with Crippen LogP contribution in [0.2, 0.25) is 0 Å². The number of hydrogen-bond donors (Lipinski definition) is 0. The average Bonchev–Trinajstić information content (AvgIpc) is 2.15. The molecule has 1 rings (SSSR count). The van der Waals surface area contributed by atoms with Crippen molar-refractivity contribution < 1.29 is 9.47 Å². The second kappa shape index (κ2) is 6.81. The molecule has 0 unspecified atom stereocenters. The van der Waals surface area contributed by atoms with E-state index in [1.54, 1.807) is 0 Å². The van der Waals surface area contributed by atoms with Crippen LogP contribution >= 0.6 is 15.9 Å². The Morgan fingerprint density at radius 1 is 1.14 bits per heavy atom. The van der Waals surface area contributed by atoms with Gasteiger partial charge in [0.2, 0.25) is 0 Å². The molecule has 1 fully saturated rings. The Bertz CT molecular complexity index is 141. The maximum absolute atomic E-state index is 5.62. The van der Waals surface area contributed by atoms with Crippen molar-refractivity contribution in [3.05, 3.63) is 0 Å². The molecule has 0 atom stereocenters. The van der Waals surface area contributed by atoms with Crippen LogP contribution in [0.5, 0.6) is 0 Å². The Morgan fingerprint density at radius 3 is 2.36 bits per heavy atom. The summed E-state index contributed by atoms with van der Waals surface area (Å²) in [5.41, 5.74) is 0.449. The van der Waals surface area contributed by atoms with Gasteiger partial charge < -0.3 is 9.47 Å². The highest BCUT2D eigenvalue weighted by molar-refractivity contribution is 9.09. The molecule has 1 saturated carbocycles. The van der Waals surface area contributed by atoms with Crippen LogP contribution in [0.4, 0.5) is 0 Å². The van der Waals surface area contributed by atoms with E-state index in [2.05, 4.69) is 22.9 Å². The van der Waals surface area contributed by atoms with E-state index in [9.17, 15) is 0 Å². The summed E-state index contributed by atoms with van der Waals surface area (Å²) >= 11 is 3.57. The summed E-state index contributed by atoms with van der Waals surface area (Å²) < 4.78 is 11.0. The van der Waals surface area contributed by atoms with Crippen LogP contribution in [0.25, 0.3) is 0 Å². The van der Waals surface area contributed by atoms with Crippen LogP contribution in [-0.2, 0) is 9.47 Å². The topological polar surface area (TPSA) is 18.5 Å². The summed E-state index contributed by atoms with van der Waals surface area (Å²) in [7, 11) is 0. The molecule has 3 heteroatoms. The minimum Gasteiger partial charge on any atom is -0.379 e. The molecule has 1 aliphatic carbocycles. The lowest BCUT2D eigenvalue weighted by atomic mass is 9.71. The summed E-state index contributed by atoms with van der Waals surface area (Å²) in [6.07, 6.45) is 5.08. The Hall–Kier alpha value is 0.400. The zero-order valence-electron chi connectivity index (χ0n) is 9.06. The lowest BCUT2D eigenvalue weighted by Crippen LogP contribution is -2.36. The van der Waals surface area contributed by atoms with Crippen LogP contribution in [0.3, 0.4) is 0 Å². The Kier molecular flexibility index (Phi) is 6.06. The molecule has 84 valence electrons. The summed E-state index contributed by atoms with van der Waals surface area (Å²) in [6, 6.07) is 0. The van der Waals surface area contributed by atoms with Gasteiger partial charge in [-0.3, -0.25) is 0 Å². The fraction of sp³-hybridized carbons (Fsp3) is 1.00. The summed E-state index contributed by atoms with van der Waals surface area (Å²) in [4.78, 5) is 0. The molecule has 2 nitrogen and oxygen atoms in total. The van der Waals surface area contributed by atoms with Gasteiger partial charge in [0.25, 0.3) is 0 Å². The van der Waals surface area contributed by atoms with E-state index in [1.807, 2.05) is 0 Å². The Balaban J connectivity index is 1.92. The molecule has 0 radical (unpaired) electrons. The number of halogens is 1. The van der Waals surface area contributed by atoms with Crippen molar-refractivity contribution in [1.82, 2.24) is 0 Å². The normalized spacial score (nSPS) is 19.3. The molecule has 0 aromatic heterocycles. The highest BCUT2D eigenvalue weighted by atomic mass is 79.9. The van der Waals surface area contributed by atoms with Crippen LogP contribution in [0, 0.1) is 5.41 Å². The van der Waals surface area contributed by atoms with Gasteiger partial charge in [-0.25, -0.2) is 0 Å². The Labute approximate surface area is 95.5 Å². The average molecular weight is 265 g/mol. The molecule has 0 saturated heterocycles. The lowest BCUT2D eigenvalue weighted by molar-refractivity contribution is -0.0155. The van der Waals surface area contributed by atoms with Gasteiger partial charge in [-0.15, -0.1) is 0 Å². The highest BCUT2D eigenvalue weighted by Gasteiger charge is 2.35. The maximum Gasteiger partial charge on any atom is 0.0700 e. The van der Waals surface area contributed by atoms with E-state index in [0.29, 0.717) is 5.41 Å². The maximum atomic E-state index is 5.62. The second-order valence-electron chi connectivity index (χ2n) is 4.15. The van der Waals surface area contributed by atoms with Gasteiger partial charge in [-0.05, 0) is 19.3 Å². The smallest absolute Gasteiger partial charge is 0.0700 e. The van der Waals surface area contributed by atoms with E-state index in [4.69, 9.17) is 9.47 Å². The largest absolute Gasteiger partial charge is 0.379 e. The molecular formula is C11H21BrO2. The molecule has 0 heterocycles. The number of ether oxygens (including phenoxy) is 2. The molecule has 14 heavy (non-hydrogen) atoms. The second-order valence-corrected chi connectivity index (χ2v) is 4.71. The fourth-order valence-electron chi connectivity index (χ4n) is 1.65. The van der Waals surface area contributed by atoms with Crippen molar-refractivity contribution >= 4 is 15.9 Å². The van der Waals surface area contributed by atoms with Gasteiger partial charge in [-0.1, -0.05) is 29.3 Å². The zero-order chi connectivity index (χ0) is 10.3. The van der Waals surface area contributed by atoms with Gasteiger partial charge in [0.15, 0.2) is 0 Å². The minimum absolute atomic E-state index is 0.449. The monoisotopic (exact) mass is 264 g/mol. The third-order valence-corrected chi connectivity index (χ3v) is 4.02. The van der Waals surface area contributed by atoms with Crippen molar-refractivity contribution in [1.29, 1.82) is 0 Å². The van der Waals surface area contributed by atoms with Gasteiger partial charge >= 0.3 is 0 Å². The molecule has 0 aromatic rings. The van der Waals surface area contributed by atoms with Crippen molar-refractivity contribution in [2.24, 2.45) is 5.41 Å². The molecule has 1 aliphatic rings. The van der Waals surface area contributed by atoms with Crippen molar-refractivity contribution in [2.45, 2.75) is 32.6 Å². The fourth-order valence-corrected chi connectivity index (χ4v) is 2.37. The molecule has 0 bridgehead atoms. The molecular weight excluding hydrogens is 244 g/mol. The summed E-state index contributed by atoms with van der Waals surface area (Å²) in [5.74, 6) is 0. The van der Waals surface area contributed by atoms with E-state index >= 15 is 0 Å². The molecule has 0 N–H and O–H groups in total. The Morgan fingerprint density at radius 2 is 1.86 bits per heavy atom. The molecule has 0 aliphatic heterocycles. The molecule has 0 aromatic carbocycles. The van der Waals surface area contributed by atoms with Crippen LogP contribution in [0.1, 0.15) is 32.6 Å². The summed E-state index contributed by atoms with van der Waals surface area (Å²) in [6.45, 7) is 5.36. The van der Waals surface area contributed by atoms with Crippen molar-refractivity contribution in [2.75, 3.05) is 31.8 Å². The predicted molar refractivity (Wildman–Crippen MR) is 62.0 cm³/mol. The zero-order valence-corrected chi connectivity index (χ0v) is 10.6. The van der Waals surface area contributed by atoms with Crippen LogP contribution in [0.15, 0.2) is 0 Å². The van der Waals surface area contributed by atoms with E-state index in [-0.39, 0.29) is 0 Å². The first-order valence-electron chi connectivity index (χ1n) is 5.54. The van der Waals surface area contributed by atoms with Gasteiger partial charge in [0.1, 0.15) is 0 Å². The van der Waals surface area contributed by atoms with Crippen molar-refractivity contribution in [3.8, 4) is 0 Å². The van der Waals surface area contributed by atoms with Gasteiger partial charge in [0.05, 0.1) is 19.8 Å². The summed E-state index contributed by atoms with van der Waals surface area (Å²) in [5, 5.41) is 1.08. The third-order valence-electron chi connectivity index (χ3n) is 2.83. The number of alkyl halides is 1. The van der Waals surface area contributed by atoms with E-state index in [0.717, 1.165) is 38.2 Å². The molecule has 0 spiro atoms. The quantitative estimate of drug-likeness (QED) is 0.496. The first-order chi connectivity index (χ1) is 6.83. The molecule has 0 amide bonds. The predicted octanol–water partition coefficient (Wildman–Crippen LogP) is 2.99. The van der Waals surface area contributed by atoms with E-state index in [1.165, 1.54) is 19.3 Å². The van der Waals surface area contributed by atoms with Crippen LogP contribution in [-0.4, -0.2) is 31.8 Å². The lowest BCUT2D eigenvalue weighted by Gasteiger charge is -2.40. The third kappa shape index (κ3) is 3.87. The number of hydrogen-bond acceptors (Lipinski definition) is 2.